The Labute approximate surface area is 138 Å². The number of carbonyl (C=O) groups is 1. The second kappa shape index (κ2) is 7.84. The van der Waals surface area contributed by atoms with E-state index in [4.69, 9.17) is 4.74 Å². The van der Waals surface area contributed by atoms with Crippen LogP contribution in [0.4, 0.5) is 0 Å². The average molecular weight is 320 g/mol. The van der Waals surface area contributed by atoms with E-state index in [1.54, 1.807) is 6.20 Å². The number of morpholine rings is 1. The number of amides is 1. The van der Waals surface area contributed by atoms with Crippen molar-refractivity contribution in [3.8, 4) is 0 Å². The number of nitrogens with one attached hydrogen (secondary N) is 1. The van der Waals surface area contributed by atoms with Crippen LogP contribution in [0.25, 0.3) is 0 Å². The Morgan fingerprint density at radius 2 is 2.04 bits per heavy atom. The zero-order chi connectivity index (χ0) is 17.0. The first-order valence-electron chi connectivity index (χ1n) is 8.32. The summed E-state index contributed by atoms with van der Waals surface area (Å²) in [5.74, 6) is 1.00. The highest BCUT2D eigenvalue weighted by Crippen LogP contribution is 2.18. The van der Waals surface area contributed by atoms with Crippen molar-refractivity contribution < 1.29 is 9.53 Å². The molecule has 1 aliphatic rings. The molecule has 3 unspecified atom stereocenters. The molecule has 1 saturated heterocycles. The van der Waals surface area contributed by atoms with Gasteiger partial charge in [0.05, 0.1) is 30.5 Å². The van der Waals surface area contributed by atoms with Gasteiger partial charge in [0.15, 0.2) is 0 Å². The number of aromatic nitrogens is 2. The smallest absolute Gasteiger partial charge is 0.237 e. The molecule has 128 valence electrons. The Balaban J connectivity index is 2.01. The predicted molar refractivity (Wildman–Crippen MR) is 88.8 cm³/mol. The van der Waals surface area contributed by atoms with Crippen molar-refractivity contribution in [3.05, 3.63) is 23.8 Å². The molecule has 0 aliphatic carbocycles. The fourth-order valence-electron chi connectivity index (χ4n) is 3.22. The largest absolute Gasteiger partial charge is 0.373 e. The first-order valence-corrected chi connectivity index (χ1v) is 8.32. The van der Waals surface area contributed by atoms with Crippen LogP contribution in [0.15, 0.2) is 12.3 Å². The van der Waals surface area contributed by atoms with Crippen molar-refractivity contribution in [1.29, 1.82) is 0 Å². The molecule has 1 aromatic rings. The summed E-state index contributed by atoms with van der Waals surface area (Å²) in [6, 6.07) is 1.68. The van der Waals surface area contributed by atoms with Crippen LogP contribution >= 0.6 is 0 Å². The normalized spacial score (nSPS) is 23.7. The van der Waals surface area contributed by atoms with E-state index in [-0.39, 0.29) is 30.1 Å². The van der Waals surface area contributed by atoms with E-state index < -0.39 is 0 Å². The first-order chi connectivity index (χ1) is 10.9. The van der Waals surface area contributed by atoms with Gasteiger partial charge in [-0.15, -0.1) is 0 Å². The molecular weight excluding hydrogens is 292 g/mol. The third-order valence-electron chi connectivity index (χ3n) is 4.02. The van der Waals surface area contributed by atoms with Crippen molar-refractivity contribution in [2.24, 2.45) is 5.92 Å². The Morgan fingerprint density at radius 3 is 2.61 bits per heavy atom. The van der Waals surface area contributed by atoms with E-state index in [9.17, 15) is 4.79 Å². The lowest BCUT2D eigenvalue weighted by molar-refractivity contribution is -0.135. The van der Waals surface area contributed by atoms with Crippen molar-refractivity contribution in [2.45, 2.75) is 59.4 Å². The molecule has 6 heteroatoms. The number of ether oxygens (including phenoxy) is 1. The SMILES string of the molecule is Cc1nccc(CNC(=O)C(C(C)C)N2CC(C)OC(C)C2)n1. The fourth-order valence-corrected chi connectivity index (χ4v) is 3.22. The molecule has 1 amide bonds. The minimum absolute atomic E-state index is 0.0533. The van der Waals surface area contributed by atoms with E-state index in [1.165, 1.54) is 0 Å². The first kappa shape index (κ1) is 17.8. The molecule has 23 heavy (non-hydrogen) atoms. The lowest BCUT2D eigenvalue weighted by Gasteiger charge is -2.41. The van der Waals surface area contributed by atoms with E-state index in [1.807, 2.05) is 13.0 Å². The van der Waals surface area contributed by atoms with E-state index in [0.717, 1.165) is 18.8 Å². The second-order valence-electron chi connectivity index (χ2n) is 6.71. The van der Waals surface area contributed by atoms with Gasteiger partial charge in [0.1, 0.15) is 5.82 Å². The Bertz CT molecular complexity index is 525. The summed E-state index contributed by atoms with van der Waals surface area (Å²) in [7, 11) is 0. The molecule has 3 atom stereocenters. The van der Waals surface area contributed by atoms with Crippen LogP contribution in [0.3, 0.4) is 0 Å². The lowest BCUT2D eigenvalue weighted by atomic mass is 9.99. The minimum atomic E-state index is -0.147. The van der Waals surface area contributed by atoms with E-state index in [0.29, 0.717) is 12.4 Å². The Kier molecular flexibility index (Phi) is 6.07. The number of rotatable bonds is 5. The number of hydrogen-bond donors (Lipinski definition) is 1. The quantitative estimate of drug-likeness (QED) is 0.891. The zero-order valence-electron chi connectivity index (χ0n) is 14.7. The van der Waals surface area contributed by atoms with Gasteiger partial charge in [0.25, 0.3) is 0 Å². The topological polar surface area (TPSA) is 67.4 Å². The van der Waals surface area contributed by atoms with E-state index >= 15 is 0 Å². The van der Waals surface area contributed by atoms with Crippen LogP contribution in [-0.2, 0) is 16.1 Å². The molecule has 0 bridgehead atoms. The van der Waals surface area contributed by atoms with Gasteiger partial charge in [0.2, 0.25) is 5.91 Å². The summed E-state index contributed by atoms with van der Waals surface area (Å²) < 4.78 is 5.78. The highest BCUT2D eigenvalue weighted by molar-refractivity contribution is 5.82. The van der Waals surface area contributed by atoms with Gasteiger partial charge in [-0.25, -0.2) is 9.97 Å². The van der Waals surface area contributed by atoms with Crippen LogP contribution in [0, 0.1) is 12.8 Å². The maximum atomic E-state index is 12.7. The molecule has 1 aliphatic heterocycles. The van der Waals surface area contributed by atoms with Crippen LogP contribution in [0.2, 0.25) is 0 Å². The molecule has 0 radical (unpaired) electrons. The number of nitrogens with zero attached hydrogens (tertiary/aromatic N) is 3. The molecule has 6 nitrogen and oxygen atoms in total. The summed E-state index contributed by atoms with van der Waals surface area (Å²) in [6.07, 6.45) is 2.02. The number of carbonyl (C=O) groups excluding carboxylic acids is 1. The summed E-state index contributed by atoms with van der Waals surface area (Å²) >= 11 is 0. The molecule has 0 saturated carbocycles. The Morgan fingerprint density at radius 1 is 1.39 bits per heavy atom. The molecule has 1 aromatic heterocycles. The Hall–Kier alpha value is -1.53. The van der Waals surface area contributed by atoms with Gasteiger partial charge in [-0.3, -0.25) is 9.69 Å². The molecule has 2 rings (SSSR count). The number of hydrogen-bond acceptors (Lipinski definition) is 5. The van der Waals surface area contributed by atoms with Gasteiger partial charge < -0.3 is 10.1 Å². The molecule has 0 aromatic carbocycles. The van der Waals surface area contributed by atoms with Gasteiger partial charge >= 0.3 is 0 Å². The van der Waals surface area contributed by atoms with Crippen molar-refractivity contribution >= 4 is 5.91 Å². The summed E-state index contributed by atoms with van der Waals surface area (Å²) in [5.41, 5.74) is 0.831. The average Bonchev–Trinajstić information content (AvgIpc) is 2.44. The van der Waals surface area contributed by atoms with Gasteiger partial charge in [-0.1, -0.05) is 13.8 Å². The third kappa shape index (κ3) is 4.97. The van der Waals surface area contributed by atoms with E-state index in [2.05, 4.69) is 47.9 Å². The van der Waals surface area contributed by atoms with Crippen LogP contribution < -0.4 is 5.32 Å². The summed E-state index contributed by atoms with van der Waals surface area (Å²) in [4.78, 5) is 23.4. The molecule has 1 fully saturated rings. The van der Waals surface area contributed by atoms with Crippen LogP contribution in [0.5, 0.6) is 0 Å². The maximum absolute atomic E-state index is 12.7. The predicted octanol–water partition coefficient (Wildman–Crippen LogP) is 1.54. The highest BCUT2D eigenvalue weighted by Gasteiger charge is 2.33. The summed E-state index contributed by atoms with van der Waals surface area (Å²) in [6.45, 7) is 12.1. The second-order valence-corrected chi connectivity index (χ2v) is 6.71. The van der Waals surface area contributed by atoms with Crippen molar-refractivity contribution in [3.63, 3.8) is 0 Å². The monoisotopic (exact) mass is 320 g/mol. The molecule has 2 heterocycles. The molecule has 0 spiro atoms. The summed E-state index contributed by atoms with van der Waals surface area (Å²) in [5, 5.41) is 3.02. The number of aryl methyl sites for hydroxylation is 1. The van der Waals surface area contributed by atoms with Gasteiger partial charge in [0, 0.05) is 19.3 Å². The zero-order valence-corrected chi connectivity index (χ0v) is 14.7. The molecular formula is C17H28N4O2. The lowest BCUT2D eigenvalue weighted by Crippen LogP contribution is -2.56. The highest BCUT2D eigenvalue weighted by atomic mass is 16.5. The maximum Gasteiger partial charge on any atom is 0.237 e. The van der Waals surface area contributed by atoms with Crippen molar-refractivity contribution in [2.75, 3.05) is 13.1 Å². The van der Waals surface area contributed by atoms with Gasteiger partial charge in [-0.05, 0) is 32.8 Å². The standard InChI is InChI=1S/C17H28N4O2/c1-11(2)16(21-9-12(3)23-13(4)10-21)17(22)19-8-15-6-7-18-14(5)20-15/h6-7,11-13,16H,8-10H2,1-5H3,(H,19,22). The minimum Gasteiger partial charge on any atom is -0.373 e. The van der Waals surface area contributed by atoms with Crippen LogP contribution in [-0.4, -0.2) is 52.1 Å². The van der Waals surface area contributed by atoms with Gasteiger partial charge in [-0.2, -0.15) is 0 Å². The third-order valence-corrected chi connectivity index (χ3v) is 4.02. The molecule has 1 N–H and O–H groups in total. The van der Waals surface area contributed by atoms with Crippen LogP contribution in [0.1, 0.15) is 39.2 Å². The van der Waals surface area contributed by atoms with Crippen molar-refractivity contribution in [1.82, 2.24) is 20.2 Å². The fraction of sp³-hybridized carbons (Fsp3) is 0.706.